The molecule has 214 valence electrons. The van der Waals surface area contributed by atoms with Gasteiger partial charge in [0.2, 0.25) is 5.91 Å². The summed E-state index contributed by atoms with van der Waals surface area (Å²) >= 11 is 0. The van der Waals surface area contributed by atoms with Crippen molar-refractivity contribution in [2.24, 2.45) is 0 Å². The summed E-state index contributed by atoms with van der Waals surface area (Å²) in [6.45, 7) is 3.94. The van der Waals surface area contributed by atoms with Gasteiger partial charge >= 0.3 is 0 Å². The number of piperazine rings is 1. The SMILES string of the molecule is COc1ccc(C(=O)N(CC2CCCO2)C2CC(C(=O)N3CCNCC3)N(C(=O)c3cccc(OC)c3)C2)cc1. The first-order valence-corrected chi connectivity index (χ1v) is 14.0. The van der Waals surface area contributed by atoms with Gasteiger partial charge in [0.05, 0.1) is 26.4 Å². The van der Waals surface area contributed by atoms with Crippen molar-refractivity contribution < 1.29 is 28.6 Å². The number of rotatable bonds is 8. The van der Waals surface area contributed by atoms with Gasteiger partial charge in [-0.1, -0.05) is 6.07 Å². The second-order valence-corrected chi connectivity index (χ2v) is 10.5. The van der Waals surface area contributed by atoms with E-state index in [9.17, 15) is 14.4 Å². The van der Waals surface area contributed by atoms with E-state index in [4.69, 9.17) is 14.2 Å². The largest absolute Gasteiger partial charge is 0.497 e. The molecule has 10 nitrogen and oxygen atoms in total. The molecule has 3 aliphatic rings. The van der Waals surface area contributed by atoms with Crippen molar-refractivity contribution in [3.05, 3.63) is 59.7 Å². The molecule has 0 radical (unpaired) electrons. The van der Waals surface area contributed by atoms with Crippen LogP contribution in [0.2, 0.25) is 0 Å². The van der Waals surface area contributed by atoms with Crippen LogP contribution in [0.5, 0.6) is 11.5 Å². The maximum atomic E-state index is 13.9. The van der Waals surface area contributed by atoms with Gasteiger partial charge in [0, 0.05) is 57.0 Å². The average molecular weight is 551 g/mol. The summed E-state index contributed by atoms with van der Waals surface area (Å²) in [5.74, 6) is 0.770. The number of nitrogens with zero attached hydrogens (tertiary/aromatic N) is 3. The van der Waals surface area contributed by atoms with Crippen molar-refractivity contribution in [1.82, 2.24) is 20.0 Å². The molecule has 3 atom stereocenters. The normalized spacial score (nSPS) is 22.7. The molecule has 0 aliphatic carbocycles. The number of amides is 3. The number of carbonyl (C=O) groups excluding carboxylic acids is 3. The molecule has 3 fully saturated rings. The number of methoxy groups -OCH3 is 2. The van der Waals surface area contributed by atoms with Gasteiger partial charge < -0.3 is 34.2 Å². The number of likely N-dealkylation sites (tertiary alicyclic amines) is 1. The van der Waals surface area contributed by atoms with Crippen LogP contribution in [0.3, 0.4) is 0 Å². The summed E-state index contributed by atoms with van der Waals surface area (Å²) in [5, 5.41) is 3.28. The Bertz CT molecular complexity index is 1190. The van der Waals surface area contributed by atoms with Crippen LogP contribution in [-0.4, -0.2) is 111 Å². The molecule has 3 saturated heterocycles. The van der Waals surface area contributed by atoms with Crippen molar-refractivity contribution in [2.75, 3.05) is 60.1 Å². The smallest absolute Gasteiger partial charge is 0.254 e. The van der Waals surface area contributed by atoms with Gasteiger partial charge in [-0.3, -0.25) is 14.4 Å². The van der Waals surface area contributed by atoms with E-state index in [1.807, 2.05) is 9.80 Å². The predicted octanol–water partition coefficient (Wildman–Crippen LogP) is 2.04. The summed E-state index contributed by atoms with van der Waals surface area (Å²) in [7, 11) is 3.14. The van der Waals surface area contributed by atoms with Crippen molar-refractivity contribution in [3.63, 3.8) is 0 Å². The molecule has 40 heavy (non-hydrogen) atoms. The molecule has 3 heterocycles. The van der Waals surface area contributed by atoms with E-state index in [-0.39, 0.29) is 36.4 Å². The lowest BCUT2D eigenvalue weighted by Gasteiger charge is -2.32. The molecule has 2 aromatic carbocycles. The zero-order valence-electron chi connectivity index (χ0n) is 23.2. The highest BCUT2D eigenvalue weighted by atomic mass is 16.5. The van der Waals surface area contributed by atoms with Crippen molar-refractivity contribution in [1.29, 1.82) is 0 Å². The topological polar surface area (TPSA) is 101 Å². The Kier molecular flexibility index (Phi) is 8.86. The van der Waals surface area contributed by atoms with E-state index < -0.39 is 6.04 Å². The number of benzene rings is 2. The second-order valence-electron chi connectivity index (χ2n) is 10.5. The Morgan fingerprint density at radius 1 is 1.00 bits per heavy atom. The molecule has 3 amide bonds. The first-order valence-electron chi connectivity index (χ1n) is 14.0. The summed E-state index contributed by atoms with van der Waals surface area (Å²) in [4.78, 5) is 46.9. The van der Waals surface area contributed by atoms with E-state index in [0.29, 0.717) is 68.4 Å². The number of hydrogen-bond acceptors (Lipinski definition) is 7. The maximum absolute atomic E-state index is 13.9. The van der Waals surface area contributed by atoms with Crippen LogP contribution in [0.15, 0.2) is 48.5 Å². The van der Waals surface area contributed by atoms with Crippen LogP contribution in [-0.2, 0) is 9.53 Å². The van der Waals surface area contributed by atoms with Crippen LogP contribution in [0.1, 0.15) is 40.0 Å². The van der Waals surface area contributed by atoms with Gasteiger partial charge in [0.15, 0.2) is 0 Å². The maximum Gasteiger partial charge on any atom is 0.254 e. The Morgan fingerprint density at radius 2 is 1.75 bits per heavy atom. The van der Waals surface area contributed by atoms with Crippen LogP contribution < -0.4 is 14.8 Å². The van der Waals surface area contributed by atoms with E-state index in [1.54, 1.807) is 67.7 Å². The zero-order valence-corrected chi connectivity index (χ0v) is 23.2. The monoisotopic (exact) mass is 550 g/mol. The average Bonchev–Trinajstić information content (AvgIpc) is 3.70. The van der Waals surface area contributed by atoms with E-state index in [0.717, 1.165) is 12.8 Å². The van der Waals surface area contributed by atoms with Gasteiger partial charge in [-0.15, -0.1) is 0 Å². The lowest BCUT2D eigenvalue weighted by atomic mass is 10.1. The predicted molar refractivity (Wildman–Crippen MR) is 149 cm³/mol. The molecule has 1 N–H and O–H groups in total. The van der Waals surface area contributed by atoms with Gasteiger partial charge in [-0.05, 0) is 61.7 Å². The fourth-order valence-corrected chi connectivity index (χ4v) is 5.82. The van der Waals surface area contributed by atoms with Gasteiger partial charge in [-0.25, -0.2) is 0 Å². The standard InChI is InChI=1S/C30H38N4O6/c1-38-24-10-8-21(9-11-24)28(35)33(20-26-7-4-16-40-26)23-18-27(30(37)32-14-12-31-13-15-32)34(19-23)29(36)22-5-3-6-25(17-22)39-2/h3,5-6,8-11,17,23,26-27,31H,4,7,12-16,18-20H2,1-2H3. The number of ether oxygens (including phenoxy) is 3. The highest BCUT2D eigenvalue weighted by Gasteiger charge is 2.45. The number of hydrogen-bond donors (Lipinski definition) is 1. The summed E-state index contributed by atoms with van der Waals surface area (Å²) in [5.41, 5.74) is 0.978. The number of nitrogens with one attached hydrogen (secondary N) is 1. The lowest BCUT2D eigenvalue weighted by Crippen LogP contribution is -2.53. The quantitative estimate of drug-likeness (QED) is 0.537. The minimum atomic E-state index is -0.669. The van der Waals surface area contributed by atoms with E-state index in [1.165, 1.54) is 0 Å². The third-order valence-electron chi connectivity index (χ3n) is 8.03. The summed E-state index contributed by atoms with van der Waals surface area (Å²) in [6.07, 6.45) is 2.11. The first kappa shape index (κ1) is 27.9. The molecule has 3 aliphatic heterocycles. The van der Waals surface area contributed by atoms with Gasteiger partial charge in [0.25, 0.3) is 11.8 Å². The highest BCUT2D eigenvalue weighted by Crippen LogP contribution is 2.29. The Hall–Kier alpha value is -3.63. The second kappa shape index (κ2) is 12.7. The van der Waals surface area contributed by atoms with E-state index >= 15 is 0 Å². The zero-order chi connectivity index (χ0) is 28.1. The summed E-state index contributed by atoms with van der Waals surface area (Å²) in [6, 6.07) is 13.0. The third kappa shape index (κ3) is 6.08. The molecule has 10 heteroatoms. The van der Waals surface area contributed by atoms with E-state index in [2.05, 4.69) is 5.32 Å². The molecule has 3 unspecified atom stereocenters. The Morgan fingerprint density at radius 3 is 2.42 bits per heavy atom. The Balaban J connectivity index is 1.45. The van der Waals surface area contributed by atoms with Crippen molar-refractivity contribution in [2.45, 2.75) is 37.5 Å². The molecule has 5 rings (SSSR count). The van der Waals surface area contributed by atoms with Crippen LogP contribution in [0, 0.1) is 0 Å². The van der Waals surface area contributed by atoms with Crippen LogP contribution >= 0.6 is 0 Å². The molecule has 2 aromatic rings. The van der Waals surface area contributed by atoms with Gasteiger partial charge in [-0.2, -0.15) is 0 Å². The molecular weight excluding hydrogens is 512 g/mol. The summed E-state index contributed by atoms with van der Waals surface area (Å²) < 4.78 is 16.5. The van der Waals surface area contributed by atoms with Crippen LogP contribution in [0.4, 0.5) is 0 Å². The molecular formula is C30H38N4O6. The van der Waals surface area contributed by atoms with Gasteiger partial charge in [0.1, 0.15) is 17.5 Å². The van der Waals surface area contributed by atoms with Crippen LogP contribution in [0.25, 0.3) is 0 Å². The lowest BCUT2D eigenvalue weighted by molar-refractivity contribution is -0.135. The molecule has 0 spiro atoms. The third-order valence-corrected chi connectivity index (χ3v) is 8.03. The fourth-order valence-electron chi connectivity index (χ4n) is 5.82. The molecule has 0 aromatic heterocycles. The highest BCUT2D eigenvalue weighted by molar-refractivity contribution is 5.99. The first-order chi connectivity index (χ1) is 19.5. The Labute approximate surface area is 235 Å². The fraction of sp³-hybridized carbons (Fsp3) is 0.500. The van der Waals surface area contributed by atoms with Crippen molar-refractivity contribution in [3.8, 4) is 11.5 Å². The molecule has 0 bridgehead atoms. The minimum Gasteiger partial charge on any atom is -0.497 e. The van der Waals surface area contributed by atoms with Crippen molar-refractivity contribution >= 4 is 17.7 Å². The minimum absolute atomic E-state index is 0.0748. The molecule has 0 saturated carbocycles. The number of carbonyl (C=O) groups is 3.